The van der Waals surface area contributed by atoms with Crippen molar-refractivity contribution in [2.24, 2.45) is 5.92 Å². The first-order valence-corrected chi connectivity index (χ1v) is 9.38. The summed E-state index contributed by atoms with van der Waals surface area (Å²) in [5, 5.41) is 3.81. The van der Waals surface area contributed by atoms with Crippen LogP contribution in [0.25, 0.3) is 0 Å². The molecule has 25 heavy (non-hydrogen) atoms. The number of sulfonamides is 1. The van der Waals surface area contributed by atoms with Crippen LogP contribution in [-0.4, -0.2) is 31.1 Å². The number of hydrogen-bond donors (Lipinski definition) is 1. The van der Waals surface area contributed by atoms with Gasteiger partial charge in [-0.3, -0.25) is 0 Å². The molecule has 0 amide bonds. The van der Waals surface area contributed by atoms with E-state index in [0.717, 1.165) is 0 Å². The Balaban J connectivity index is 2.03. The van der Waals surface area contributed by atoms with Crippen LogP contribution in [0.1, 0.15) is 42.8 Å². The Morgan fingerprint density at radius 3 is 2.80 bits per heavy atom. The molecule has 1 N–H and O–H groups in total. The fourth-order valence-electron chi connectivity index (χ4n) is 2.07. The third-order valence-corrected chi connectivity index (χ3v) is 4.69. The Morgan fingerprint density at radius 2 is 2.12 bits per heavy atom. The van der Waals surface area contributed by atoms with Crippen molar-refractivity contribution in [3.63, 3.8) is 0 Å². The van der Waals surface area contributed by atoms with Crippen LogP contribution in [0.2, 0.25) is 0 Å². The van der Waals surface area contributed by atoms with Gasteiger partial charge in [0.15, 0.2) is 12.4 Å². The lowest BCUT2D eigenvalue weighted by atomic mass is 10.1. The molecule has 0 saturated carbocycles. The predicted octanol–water partition coefficient (Wildman–Crippen LogP) is 1.92. The van der Waals surface area contributed by atoms with E-state index in [-0.39, 0.29) is 29.5 Å². The van der Waals surface area contributed by atoms with Gasteiger partial charge >= 0.3 is 5.97 Å². The van der Waals surface area contributed by atoms with Gasteiger partial charge in [-0.15, -0.1) is 0 Å². The number of carbonyl (C=O) groups excluding carboxylic acids is 1. The second-order valence-corrected chi connectivity index (χ2v) is 7.57. The number of esters is 1. The molecular formula is C16H21N3O5S. The zero-order chi connectivity index (χ0) is 18.4. The largest absolute Gasteiger partial charge is 0.452 e. The third kappa shape index (κ3) is 5.36. The second-order valence-electron chi connectivity index (χ2n) is 5.81. The molecule has 136 valence electrons. The second kappa shape index (κ2) is 8.21. The molecule has 1 aromatic heterocycles. The molecule has 0 aliphatic heterocycles. The quantitative estimate of drug-likeness (QED) is 0.709. The summed E-state index contributed by atoms with van der Waals surface area (Å²) in [5.74, 6) is 0.465. The molecule has 1 aromatic carbocycles. The van der Waals surface area contributed by atoms with Crippen molar-refractivity contribution in [1.82, 2.24) is 14.9 Å². The van der Waals surface area contributed by atoms with Gasteiger partial charge < -0.3 is 9.26 Å². The summed E-state index contributed by atoms with van der Waals surface area (Å²) in [6, 6.07) is 5.63. The summed E-state index contributed by atoms with van der Waals surface area (Å²) in [6.07, 6.45) is 0.668. The van der Waals surface area contributed by atoms with Crippen molar-refractivity contribution in [3.05, 3.63) is 41.5 Å². The van der Waals surface area contributed by atoms with Crippen LogP contribution < -0.4 is 4.72 Å². The normalized spacial score (nSPS) is 11.7. The number of nitrogens with one attached hydrogen (secondary N) is 1. The van der Waals surface area contributed by atoms with Gasteiger partial charge in [-0.1, -0.05) is 32.0 Å². The van der Waals surface area contributed by atoms with Gasteiger partial charge in [0, 0.05) is 13.0 Å². The molecule has 0 bridgehead atoms. The van der Waals surface area contributed by atoms with Crippen LogP contribution in [0.3, 0.4) is 0 Å². The van der Waals surface area contributed by atoms with E-state index in [9.17, 15) is 13.2 Å². The van der Waals surface area contributed by atoms with Gasteiger partial charge in [0.05, 0.1) is 10.5 Å². The number of rotatable bonds is 8. The fraction of sp³-hybridized carbons (Fsp3) is 0.438. The van der Waals surface area contributed by atoms with Crippen molar-refractivity contribution < 1.29 is 22.5 Å². The van der Waals surface area contributed by atoms with Crippen LogP contribution in [0.15, 0.2) is 33.7 Å². The molecule has 9 heteroatoms. The van der Waals surface area contributed by atoms with E-state index in [0.29, 0.717) is 18.2 Å². The lowest BCUT2D eigenvalue weighted by molar-refractivity contribution is 0.0429. The van der Waals surface area contributed by atoms with Gasteiger partial charge in [-0.25, -0.2) is 17.9 Å². The van der Waals surface area contributed by atoms with Crippen LogP contribution in [0.4, 0.5) is 0 Å². The molecule has 0 aliphatic carbocycles. The number of ether oxygens (including phenoxy) is 1. The van der Waals surface area contributed by atoms with Gasteiger partial charge in [0.1, 0.15) is 0 Å². The Hall–Kier alpha value is -2.26. The number of aromatic nitrogens is 2. The van der Waals surface area contributed by atoms with Gasteiger partial charge in [0.25, 0.3) is 5.89 Å². The average Bonchev–Trinajstić information content (AvgIpc) is 2.99. The number of benzene rings is 1. The first kappa shape index (κ1) is 19.1. The SMILES string of the molecule is CCNS(=O)(=O)c1cccc(C(=O)OCc2nc(CC(C)C)no2)c1. The lowest BCUT2D eigenvalue weighted by Crippen LogP contribution is -2.23. The molecule has 1 heterocycles. The minimum absolute atomic E-state index is 0.000750. The maximum Gasteiger partial charge on any atom is 0.338 e. The van der Waals surface area contributed by atoms with E-state index in [1.165, 1.54) is 24.3 Å². The first-order chi connectivity index (χ1) is 11.8. The van der Waals surface area contributed by atoms with Crippen molar-refractivity contribution >= 4 is 16.0 Å². The van der Waals surface area contributed by atoms with Crippen molar-refractivity contribution in [2.45, 2.75) is 38.7 Å². The molecule has 0 aliphatic rings. The first-order valence-electron chi connectivity index (χ1n) is 7.90. The molecule has 2 rings (SSSR count). The number of carbonyl (C=O) groups is 1. The topological polar surface area (TPSA) is 111 Å². The highest BCUT2D eigenvalue weighted by atomic mass is 32.2. The van der Waals surface area contributed by atoms with Crippen molar-refractivity contribution in [1.29, 1.82) is 0 Å². The zero-order valence-electron chi connectivity index (χ0n) is 14.4. The van der Waals surface area contributed by atoms with Gasteiger partial charge in [-0.05, 0) is 24.1 Å². The van der Waals surface area contributed by atoms with Gasteiger partial charge in [-0.2, -0.15) is 4.98 Å². The minimum atomic E-state index is -3.64. The standard InChI is InChI=1S/C16H21N3O5S/c1-4-17-25(21,22)13-7-5-6-12(9-13)16(20)23-10-15-18-14(19-24-15)8-11(2)3/h5-7,9,11,17H,4,8,10H2,1-3H3. The Morgan fingerprint density at radius 1 is 1.36 bits per heavy atom. The number of hydrogen-bond acceptors (Lipinski definition) is 7. The Kier molecular flexibility index (Phi) is 6.27. The van der Waals surface area contributed by atoms with Crippen LogP contribution >= 0.6 is 0 Å². The summed E-state index contributed by atoms with van der Waals surface area (Å²) < 4.78 is 36.5. The van der Waals surface area contributed by atoms with E-state index in [2.05, 4.69) is 14.9 Å². The average molecular weight is 367 g/mol. The summed E-state index contributed by atoms with van der Waals surface area (Å²) >= 11 is 0. The van der Waals surface area contributed by atoms with Crippen molar-refractivity contribution in [3.8, 4) is 0 Å². The van der Waals surface area contributed by atoms with Crippen molar-refractivity contribution in [2.75, 3.05) is 6.54 Å². The maximum atomic E-state index is 12.1. The predicted molar refractivity (Wildman–Crippen MR) is 89.3 cm³/mol. The smallest absolute Gasteiger partial charge is 0.338 e. The third-order valence-electron chi connectivity index (χ3n) is 3.14. The molecule has 0 radical (unpaired) electrons. The highest BCUT2D eigenvalue weighted by Crippen LogP contribution is 2.13. The van der Waals surface area contributed by atoms with E-state index in [1.54, 1.807) is 6.92 Å². The highest BCUT2D eigenvalue weighted by molar-refractivity contribution is 7.89. The van der Waals surface area contributed by atoms with Crippen LogP contribution in [0.5, 0.6) is 0 Å². The summed E-state index contributed by atoms with van der Waals surface area (Å²) in [6.45, 7) is 5.82. The van der Waals surface area contributed by atoms with Gasteiger partial charge in [0.2, 0.25) is 10.0 Å². The number of nitrogens with zero attached hydrogens (tertiary/aromatic N) is 2. The molecule has 0 saturated heterocycles. The summed E-state index contributed by atoms with van der Waals surface area (Å²) in [7, 11) is -3.64. The van der Waals surface area contributed by atoms with E-state index >= 15 is 0 Å². The van der Waals surface area contributed by atoms with Crippen LogP contribution in [0, 0.1) is 5.92 Å². The van der Waals surface area contributed by atoms with E-state index < -0.39 is 16.0 Å². The molecule has 8 nitrogen and oxygen atoms in total. The van der Waals surface area contributed by atoms with Crippen LogP contribution in [-0.2, 0) is 27.8 Å². The van der Waals surface area contributed by atoms with E-state index in [4.69, 9.17) is 9.26 Å². The molecular weight excluding hydrogens is 346 g/mol. The Bertz CT molecular complexity index is 830. The monoisotopic (exact) mass is 367 g/mol. The van der Waals surface area contributed by atoms with E-state index in [1.807, 2.05) is 13.8 Å². The maximum absolute atomic E-state index is 12.1. The molecule has 0 unspecified atom stereocenters. The summed E-state index contributed by atoms with van der Waals surface area (Å²) in [5.41, 5.74) is 0.126. The fourth-order valence-corrected chi connectivity index (χ4v) is 3.16. The molecule has 0 spiro atoms. The molecule has 2 aromatic rings. The molecule has 0 atom stereocenters. The zero-order valence-corrected chi connectivity index (χ0v) is 15.2. The highest BCUT2D eigenvalue weighted by Gasteiger charge is 2.17. The molecule has 0 fully saturated rings. The lowest BCUT2D eigenvalue weighted by Gasteiger charge is -2.06. The summed E-state index contributed by atoms with van der Waals surface area (Å²) in [4.78, 5) is 16.2. The Labute approximate surface area is 146 Å². The minimum Gasteiger partial charge on any atom is -0.452 e.